The summed E-state index contributed by atoms with van der Waals surface area (Å²) in [7, 11) is 0. The minimum absolute atomic E-state index is 0.380. The highest BCUT2D eigenvalue weighted by Crippen LogP contribution is 2.26. The van der Waals surface area contributed by atoms with Crippen LogP contribution in [0, 0.1) is 0 Å². The molecule has 3 nitrogen and oxygen atoms in total. The largest absolute Gasteiger partial charge is 0.493 e. The smallest absolute Gasteiger partial charge is 0.338 e. The average Bonchev–Trinajstić information content (AvgIpc) is 2.33. The fourth-order valence-corrected chi connectivity index (χ4v) is 1.56. The van der Waals surface area contributed by atoms with Crippen LogP contribution in [0.4, 0.5) is 0 Å². The Labute approximate surface area is 108 Å². The van der Waals surface area contributed by atoms with E-state index in [0.29, 0.717) is 17.9 Å². The maximum atomic E-state index is 11.4. The van der Waals surface area contributed by atoms with Gasteiger partial charge in [-0.25, -0.2) is 4.79 Å². The lowest BCUT2D eigenvalue weighted by Gasteiger charge is -2.11. The Morgan fingerprint density at radius 2 is 2.06 bits per heavy atom. The molecule has 0 spiro atoms. The molecule has 0 N–H and O–H groups in total. The Balaban J connectivity index is 2.91. The molecule has 1 rings (SSSR count). The highest BCUT2D eigenvalue weighted by atomic mass is 16.5. The van der Waals surface area contributed by atoms with Gasteiger partial charge in [-0.05, 0) is 31.9 Å². The second-order valence-corrected chi connectivity index (χ2v) is 4.12. The second-order valence-electron chi connectivity index (χ2n) is 4.12. The van der Waals surface area contributed by atoms with Crippen molar-refractivity contribution in [1.29, 1.82) is 0 Å². The minimum Gasteiger partial charge on any atom is -0.493 e. The molecule has 98 valence electrons. The van der Waals surface area contributed by atoms with Crippen LogP contribution in [0.3, 0.4) is 0 Å². The van der Waals surface area contributed by atoms with E-state index in [2.05, 4.69) is 13.5 Å². The van der Waals surface area contributed by atoms with Crippen molar-refractivity contribution in [3.8, 4) is 11.5 Å². The number of rotatable bonds is 6. The van der Waals surface area contributed by atoms with Gasteiger partial charge in [0.2, 0.25) is 0 Å². The Kier molecular flexibility index (Phi) is 5.43. The molecule has 0 fully saturated rings. The summed E-state index contributed by atoms with van der Waals surface area (Å²) in [6.07, 6.45) is 2.00. The molecule has 0 atom stereocenters. The van der Waals surface area contributed by atoms with E-state index in [4.69, 9.17) is 9.47 Å². The Bertz CT molecular complexity index is 435. The van der Waals surface area contributed by atoms with Crippen molar-refractivity contribution in [2.75, 3.05) is 6.61 Å². The molecule has 18 heavy (non-hydrogen) atoms. The number of esters is 1. The lowest BCUT2D eigenvalue weighted by Crippen LogP contribution is -2.08. The first-order valence-electron chi connectivity index (χ1n) is 6.21. The predicted octanol–water partition coefficient (Wildman–Crippen LogP) is 3.52. The van der Waals surface area contributed by atoms with Gasteiger partial charge in [-0.2, -0.15) is 0 Å². The van der Waals surface area contributed by atoms with Crippen LogP contribution in [-0.4, -0.2) is 12.6 Å². The number of benzene rings is 1. The molecule has 0 heterocycles. The molecule has 0 amide bonds. The van der Waals surface area contributed by atoms with Gasteiger partial charge in [-0.15, -0.1) is 0 Å². The van der Waals surface area contributed by atoms with Crippen molar-refractivity contribution in [1.82, 2.24) is 0 Å². The number of hydrogen-bond donors (Lipinski definition) is 0. The van der Waals surface area contributed by atoms with Gasteiger partial charge in [0.1, 0.15) is 11.5 Å². The number of carbonyl (C=O) groups is 1. The zero-order valence-corrected chi connectivity index (χ0v) is 11.3. The van der Waals surface area contributed by atoms with Crippen molar-refractivity contribution in [3.05, 3.63) is 35.9 Å². The van der Waals surface area contributed by atoms with Gasteiger partial charge in [-0.3, -0.25) is 0 Å². The molecule has 3 heteroatoms. The third-order valence-electron chi connectivity index (χ3n) is 2.42. The Morgan fingerprint density at radius 1 is 1.33 bits per heavy atom. The number of hydrogen-bond acceptors (Lipinski definition) is 3. The topological polar surface area (TPSA) is 35.5 Å². The van der Waals surface area contributed by atoms with E-state index in [1.165, 1.54) is 0 Å². The summed E-state index contributed by atoms with van der Waals surface area (Å²) in [6.45, 7) is 9.81. The number of ether oxygens (including phenoxy) is 2. The molecular formula is C15H20O3. The first kappa shape index (κ1) is 14.3. The second kappa shape index (κ2) is 6.84. The maximum absolute atomic E-state index is 11.4. The van der Waals surface area contributed by atoms with Crippen molar-refractivity contribution in [2.45, 2.75) is 33.6 Å². The maximum Gasteiger partial charge on any atom is 0.338 e. The fraction of sp³-hybridized carbons (Fsp3) is 0.400. The van der Waals surface area contributed by atoms with E-state index in [0.717, 1.165) is 24.2 Å². The summed E-state index contributed by atoms with van der Waals surface area (Å²) in [5.74, 6) is 0.860. The van der Waals surface area contributed by atoms with Crippen molar-refractivity contribution in [2.24, 2.45) is 0 Å². The third-order valence-corrected chi connectivity index (χ3v) is 2.42. The zero-order valence-electron chi connectivity index (χ0n) is 11.3. The Morgan fingerprint density at radius 3 is 2.61 bits per heavy atom. The molecule has 0 radical (unpaired) electrons. The first-order chi connectivity index (χ1) is 8.58. The van der Waals surface area contributed by atoms with E-state index in [1.807, 2.05) is 13.0 Å². The normalized spacial score (nSPS) is 9.94. The van der Waals surface area contributed by atoms with Crippen LogP contribution in [0.1, 0.15) is 32.8 Å². The van der Waals surface area contributed by atoms with Gasteiger partial charge in [-0.1, -0.05) is 26.0 Å². The van der Waals surface area contributed by atoms with Crippen LogP contribution in [-0.2, 0) is 11.2 Å². The fourth-order valence-electron chi connectivity index (χ4n) is 1.56. The van der Waals surface area contributed by atoms with Crippen molar-refractivity contribution >= 4 is 5.97 Å². The highest BCUT2D eigenvalue weighted by Gasteiger charge is 2.09. The van der Waals surface area contributed by atoms with E-state index in [-0.39, 0.29) is 0 Å². The quantitative estimate of drug-likeness (QED) is 0.439. The summed E-state index contributed by atoms with van der Waals surface area (Å²) in [5, 5.41) is 0. The van der Waals surface area contributed by atoms with E-state index >= 15 is 0 Å². The lowest BCUT2D eigenvalue weighted by molar-refractivity contribution is -0.130. The predicted molar refractivity (Wildman–Crippen MR) is 72.1 cm³/mol. The van der Waals surface area contributed by atoms with Crippen LogP contribution in [0.25, 0.3) is 0 Å². The zero-order chi connectivity index (χ0) is 13.5. The van der Waals surface area contributed by atoms with Gasteiger partial charge >= 0.3 is 5.97 Å². The third kappa shape index (κ3) is 3.91. The summed E-state index contributed by atoms with van der Waals surface area (Å²) >= 11 is 0. The molecule has 0 saturated heterocycles. The molecule has 0 aromatic heterocycles. The highest BCUT2D eigenvalue weighted by molar-refractivity contribution is 5.88. The van der Waals surface area contributed by atoms with E-state index in [9.17, 15) is 4.79 Å². The number of carbonyl (C=O) groups excluding carboxylic acids is 1. The SMILES string of the molecule is C=C(C)C(=O)Oc1ccc(CCC)c(OCC)c1. The Hall–Kier alpha value is -1.77. The molecule has 0 saturated carbocycles. The van der Waals surface area contributed by atoms with Crippen LogP contribution in [0.5, 0.6) is 11.5 Å². The molecule has 0 aliphatic rings. The van der Waals surface area contributed by atoms with Gasteiger partial charge in [0.05, 0.1) is 6.61 Å². The number of aryl methyl sites for hydroxylation is 1. The van der Waals surface area contributed by atoms with Crippen LogP contribution < -0.4 is 9.47 Å². The summed E-state index contributed by atoms with van der Waals surface area (Å²) in [4.78, 5) is 11.4. The van der Waals surface area contributed by atoms with Gasteiger partial charge in [0.25, 0.3) is 0 Å². The lowest BCUT2D eigenvalue weighted by atomic mass is 10.1. The summed E-state index contributed by atoms with van der Waals surface area (Å²) < 4.78 is 10.7. The monoisotopic (exact) mass is 248 g/mol. The molecule has 0 aliphatic heterocycles. The average molecular weight is 248 g/mol. The summed E-state index contributed by atoms with van der Waals surface area (Å²) in [6, 6.07) is 5.49. The van der Waals surface area contributed by atoms with Gasteiger partial charge in [0.15, 0.2) is 0 Å². The van der Waals surface area contributed by atoms with Gasteiger partial charge in [0, 0.05) is 11.6 Å². The van der Waals surface area contributed by atoms with Crippen LogP contribution in [0.2, 0.25) is 0 Å². The van der Waals surface area contributed by atoms with E-state index < -0.39 is 5.97 Å². The first-order valence-corrected chi connectivity index (χ1v) is 6.21. The van der Waals surface area contributed by atoms with Gasteiger partial charge < -0.3 is 9.47 Å². The molecule has 0 aliphatic carbocycles. The molecule has 0 unspecified atom stereocenters. The van der Waals surface area contributed by atoms with Crippen LogP contribution in [0.15, 0.2) is 30.4 Å². The standard InChI is InChI=1S/C15H20O3/c1-5-7-12-8-9-13(10-14(12)17-6-2)18-15(16)11(3)4/h8-10H,3,5-7H2,1-2,4H3. The molecule has 1 aromatic carbocycles. The van der Waals surface area contributed by atoms with Crippen LogP contribution >= 0.6 is 0 Å². The molecular weight excluding hydrogens is 228 g/mol. The molecule has 0 bridgehead atoms. The van der Waals surface area contributed by atoms with Crippen molar-refractivity contribution in [3.63, 3.8) is 0 Å². The minimum atomic E-state index is -0.416. The van der Waals surface area contributed by atoms with E-state index in [1.54, 1.807) is 19.1 Å². The van der Waals surface area contributed by atoms with Crippen molar-refractivity contribution < 1.29 is 14.3 Å². The molecule has 1 aromatic rings. The summed E-state index contributed by atoms with van der Waals surface area (Å²) in [5.41, 5.74) is 1.51.